The molecule has 0 bridgehead atoms. The van der Waals surface area contributed by atoms with E-state index in [0.717, 1.165) is 29.3 Å². The van der Waals surface area contributed by atoms with E-state index in [1.54, 1.807) is 23.0 Å². The Hall–Kier alpha value is -2.16. The summed E-state index contributed by atoms with van der Waals surface area (Å²) in [6, 6.07) is 4.64. The fourth-order valence-corrected chi connectivity index (χ4v) is 3.77. The summed E-state index contributed by atoms with van der Waals surface area (Å²) < 4.78 is 17.7. The molecule has 2 heterocycles. The Morgan fingerprint density at radius 2 is 1.97 bits per heavy atom. The fourth-order valence-electron chi connectivity index (χ4n) is 3.18. The Labute approximate surface area is 190 Å². The zero-order chi connectivity index (χ0) is 22.0. The van der Waals surface area contributed by atoms with E-state index in [2.05, 4.69) is 15.5 Å². The summed E-state index contributed by atoms with van der Waals surface area (Å²) in [4.78, 5) is 1.88. The molecule has 0 aliphatic rings. The number of anilines is 1. The van der Waals surface area contributed by atoms with Gasteiger partial charge in [0.05, 0.1) is 47.1 Å². The van der Waals surface area contributed by atoms with E-state index in [1.165, 1.54) is 6.07 Å². The average molecular weight is 469 g/mol. The molecular formula is C20H23Cl2FN6S. The van der Waals surface area contributed by atoms with E-state index in [9.17, 15) is 4.39 Å². The van der Waals surface area contributed by atoms with Gasteiger partial charge >= 0.3 is 0 Å². The van der Waals surface area contributed by atoms with Gasteiger partial charge in [0, 0.05) is 24.2 Å². The second-order valence-corrected chi connectivity index (χ2v) is 8.15. The quantitative estimate of drug-likeness (QED) is 0.513. The first-order chi connectivity index (χ1) is 14.2. The van der Waals surface area contributed by atoms with Crippen molar-refractivity contribution >= 4 is 46.2 Å². The summed E-state index contributed by atoms with van der Waals surface area (Å²) in [6.07, 6.45) is 1.64. The van der Waals surface area contributed by atoms with Gasteiger partial charge in [-0.05, 0) is 45.1 Å². The molecule has 0 unspecified atom stereocenters. The Kier molecular flexibility index (Phi) is 7.00. The third-order valence-corrected chi connectivity index (χ3v) is 6.00. The summed E-state index contributed by atoms with van der Waals surface area (Å²) in [7, 11) is 1.88. The third-order valence-electron chi connectivity index (χ3n) is 4.91. The molecule has 0 spiro atoms. The van der Waals surface area contributed by atoms with Crippen LogP contribution in [0.4, 0.5) is 10.1 Å². The maximum atomic E-state index is 14.2. The number of hydrogen-bond donors (Lipinski definition) is 1. The van der Waals surface area contributed by atoms with Gasteiger partial charge in [-0.1, -0.05) is 29.3 Å². The largest absolute Gasteiger partial charge is 0.346 e. The topological polar surface area (TPSA) is 50.9 Å². The van der Waals surface area contributed by atoms with Gasteiger partial charge in [0.2, 0.25) is 0 Å². The molecule has 0 saturated heterocycles. The highest BCUT2D eigenvalue weighted by molar-refractivity contribution is 7.80. The molecule has 0 saturated carbocycles. The van der Waals surface area contributed by atoms with E-state index < -0.39 is 0 Å². The van der Waals surface area contributed by atoms with Gasteiger partial charge in [-0.3, -0.25) is 9.36 Å². The predicted octanol–water partition coefficient (Wildman–Crippen LogP) is 5.04. The smallest absolute Gasteiger partial charge is 0.173 e. The highest BCUT2D eigenvalue weighted by Crippen LogP contribution is 2.25. The molecule has 3 rings (SSSR count). The number of aryl methyl sites for hydroxylation is 2. The summed E-state index contributed by atoms with van der Waals surface area (Å²) in [5.41, 5.74) is 3.67. The van der Waals surface area contributed by atoms with E-state index in [1.807, 2.05) is 37.4 Å². The average Bonchev–Trinajstić information content (AvgIpc) is 3.18. The zero-order valence-corrected chi connectivity index (χ0v) is 19.5. The van der Waals surface area contributed by atoms with Gasteiger partial charge in [-0.15, -0.1) is 0 Å². The predicted molar refractivity (Wildman–Crippen MR) is 123 cm³/mol. The van der Waals surface area contributed by atoms with Crippen LogP contribution in [0.2, 0.25) is 10.0 Å². The van der Waals surface area contributed by atoms with Crippen molar-refractivity contribution in [1.82, 2.24) is 24.5 Å². The van der Waals surface area contributed by atoms with Crippen LogP contribution in [0.15, 0.2) is 24.4 Å². The second kappa shape index (κ2) is 9.32. The van der Waals surface area contributed by atoms with Gasteiger partial charge in [0.1, 0.15) is 5.82 Å². The Morgan fingerprint density at radius 1 is 1.23 bits per heavy atom. The number of halogens is 3. The molecule has 0 atom stereocenters. The standard InChI is InChI=1S/C20H23Cl2FN6S/c1-5-28-18(16(22)9-24-28)11-27(4)20(30)25-19-12(2)26-29(13(19)3)10-14-15(21)7-6-8-17(14)23/h6-9H,5,10-11H2,1-4H3,(H,25,30). The molecule has 2 aromatic heterocycles. The molecule has 0 fully saturated rings. The van der Waals surface area contributed by atoms with Crippen molar-refractivity contribution in [3.63, 3.8) is 0 Å². The van der Waals surface area contributed by atoms with Crippen LogP contribution in [0.3, 0.4) is 0 Å². The first-order valence-corrected chi connectivity index (χ1v) is 10.6. The molecule has 6 nitrogen and oxygen atoms in total. The normalized spacial score (nSPS) is 11.0. The minimum Gasteiger partial charge on any atom is -0.346 e. The lowest BCUT2D eigenvalue weighted by atomic mass is 10.2. The molecule has 0 amide bonds. The molecule has 3 aromatic rings. The van der Waals surface area contributed by atoms with Crippen molar-refractivity contribution in [3.05, 3.63) is 62.9 Å². The van der Waals surface area contributed by atoms with Crippen LogP contribution < -0.4 is 5.32 Å². The minimum atomic E-state index is -0.357. The summed E-state index contributed by atoms with van der Waals surface area (Å²) in [5.74, 6) is -0.357. The molecular weight excluding hydrogens is 446 g/mol. The van der Waals surface area contributed by atoms with Gasteiger partial charge in [-0.25, -0.2) is 4.39 Å². The van der Waals surface area contributed by atoms with Crippen LogP contribution >= 0.6 is 35.4 Å². The lowest BCUT2D eigenvalue weighted by Crippen LogP contribution is -2.32. The monoisotopic (exact) mass is 468 g/mol. The molecule has 0 aliphatic heterocycles. The molecule has 30 heavy (non-hydrogen) atoms. The van der Waals surface area contributed by atoms with Crippen molar-refractivity contribution in [2.75, 3.05) is 12.4 Å². The molecule has 10 heteroatoms. The Bertz CT molecular complexity index is 1060. The molecule has 1 aromatic carbocycles. The van der Waals surface area contributed by atoms with Crippen LogP contribution in [0.25, 0.3) is 0 Å². The molecule has 0 aliphatic carbocycles. The van der Waals surface area contributed by atoms with Gasteiger partial charge in [0.15, 0.2) is 5.11 Å². The Morgan fingerprint density at radius 3 is 2.63 bits per heavy atom. The number of nitrogens with one attached hydrogen (secondary N) is 1. The van der Waals surface area contributed by atoms with E-state index in [0.29, 0.717) is 27.3 Å². The van der Waals surface area contributed by atoms with Crippen LogP contribution in [-0.4, -0.2) is 36.6 Å². The zero-order valence-electron chi connectivity index (χ0n) is 17.2. The SMILES string of the molecule is CCn1ncc(Cl)c1CN(C)C(=S)Nc1c(C)nn(Cc2c(F)cccc2Cl)c1C. The molecule has 160 valence electrons. The van der Waals surface area contributed by atoms with Crippen molar-refractivity contribution in [2.24, 2.45) is 0 Å². The maximum Gasteiger partial charge on any atom is 0.173 e. The number of hydrogen-bond acceptors (Lipinski definition) is 3. The van der Waals surface area contributed by atoms with Crippen molar-refractivity contribution in [1.29, 1.82) is 0 Å². The van der Waals surface area contributed by atoms with Crippen LogP contribution in [0, 0.1) is 19.7 Å². The summed E-state index contributed by atoms with van der Waals surface area (Å²) in [6.45, 7) is 7.25. The fraction of sp³-hybridized carbons (Fsp3) is 0.350. The van der Waals surface area contributed by atoms with E-state index >= 15 is 0 Å². The lowest BCUT2D eigenvalue weighted by Gasteiger charge is -2.22. The Balaban J connectivity index is 1.77. The number of rotatable bonds is 6. The molecule has 1 N–H and O–H groups in total. The van der Waals surface area contributed by atoms with Crippen LogP contribution in [0.5, 0.6) is 0 Å². The number of nitrogens with zero attached hydrogens (tertiary/aromatic N) is 5. The molecule has 0 radical (unpaired) electrons. The second-order valence-electron chi connectivity index (χ2n) is 6.94. The summed E-state index contributed by atoms with van der Waals surface area (Å²) in [5, 5.41) is 13.5. The number of aromatic nitrogens is 4. The van der Waals surface area contributed by atoms with Crippen molar-refractivity contribution < 1.29 is 4.39 Å². The highest BCUT2D eigenvalue weighted by Gasteiger charge is 2.18. The lowest BCUT2D eigenvalue weighted by molar-refractivity contribution is 0.471. The van der Waals surface area contributed by atoms with Crippen LogP contribution in [0.1, 0.15) is 29.6 Å². The van der Waals surface area contributed by atoms with Crippen molar-refractivity contribution in [2.45, 2.75) is 40.4 Å². The van der Waals surface area contributed by atoms with Gasteiger partial charge < -0.3 is 10.2 Å². The van der Waals surface area contributed by atoms with E-state index in [4.69, 9.17) is 35.4 Å². The number of benzene rings is 1. The van der Waals surface area contributed by atoms with E-state index in [-0.39, 0.29) is 12.4 Å². The minimum absolute atomic E-state index is 0.230. The third kappa shape index (κ3) is 4.61. The first kappa shape index (κ1) is 22.5. The maximum absolute atomic E-state index is 14.2. The first-order valence-electron chi connectivity index (χ1n) is 9.42. The summed E-state index contributed by atoms with van der Waals surface area (Å²) >= 11 is 18.0. The van der Waals surface area contributed by atoms with Gasteiger partial charge in [0.25, 0.3) is 0 Å². The number of thiocarbonyl (C=S) groups is 1. The van der Waals surface area contributed by atoms with Crippen molar-refractivity contribution in [3.8, 4) is 0 Å². The van der Waals surface area contributed by atoms with Crippen LogP contribution in [-0.2, 0) is 19.6 Å². The highest BCUT2D eigenvalue weighted by atomic mass is 35.5. The van der Waals surface area contributed by atoms with Gasteiger partial charge in [-0.2, -0.15) is 10.2 Å².